The van der Waals surface area contributed by atoms with E-state index in [1.165, 1.54) is 24.2 Å². The molecule has 0 saturated carbocycles. The summed E-state index contributed by atoms with van der Waals surface area (Å²) in [5.41, 5.74) is 2.47. The fourth-order valence-corrected chi connectivity index (χ4v) is 3.77. The molecule has 4 nitrogen and oxygen atoms in total. The predicted octanol–water partition coefficient (Wildman–Crippen LogP) is 4.11. The van der Waals surface area contributed by atoms with E-state index >= 15 is 0 Å². The van der Waals surface area contributed by atoms with Crippen molar-refractivity contribution in [2.45, 2.75) is 30.3 Å². The lowest BCUT2D eigenvalue weighted by atomic mass is 9.90. The molecule has 1 aliphatic heterocycles. The molecule has 1 saturated heterocycles. The van der Waals surface area contributed by atoms with Gasteiger partial charge in [-0.15, -0.1) is 0 Å². The average molecular weight is 355 g/mol. The first kappa shape index (κ1) is 16.3. The van der Waals surface area contributed by atoms with Crippen LogP contribution in [0.25, 0.3) is 0 Å². The maximum atomic E-state index is 13.9. The standard InChI is InChI=1S/C19H18FN3OS/c1-13-6-3-4-9-16(13)17-19(24-17,14-7-5-8-15(20)10-14)11-23-18(25-2)21-12-22-23/h3-10,12,17H,11H2,1-2H3/t17-,19-/m1/s1. The molecule has 6 heteroatoms. The number of aromatic nitrogens is 3. The van der Waals surface area contributed by atoms with Crippen LogP contribution in [0.1, 0.15) is 22.8 Å². The van der Waals surface area contributed by atoms with Gasteiger partial charge in [0, 0.05) is 0 Å². The van der Waals surface area contributed by atoms with Gasteiger partial charge in [-0.25, -0.2) is 14.1 Å². The molecule has 0 amide bonds. The SMILES string of the molecule is CSc1ncnn1C[C@]1(c2cccc(F)c2)O[C@@H]1c1ccccc1C. The van der Waals surface area contributed by atoms with Crippen LogP contribution < -0.4 is 0 Å². The van der Waals surface area contributed by atoms with Crippen LogP contribution in [0.4, 0.5) is 4.39 Å². The number of halogens is 1. The van der Waals surface area contributed by atoms with Crippen molar-refractivity contribution in [2.75, 3.05) is 6.26 Å². The Hall–Kier alpha value is -2.18. The van der Waals surface area contributed by atoms with E-state index < -0.39 is 5.60 Å². The largest absolute Gasteiger partial charge is 0.354 e. The zero-order valence-corrected chi connectivity index (χ0v) is 14.8. The molecule has 0 bridgehead atoms. The molecule has 0 unspecified atom stereocenters. The molecule has 25 heavy (non-hydrogen) atoms. The number of ether oxygens (including phenoxy) is 1. The Morgan fingerprint density at radius 3 is 2.84 bits per heavy atom. The molecule has 1 fully saturated rings. The number of epoxide rings is 1. The minimum absolute atomic E-state index is 0.130. The number of nitrogens with zero attached hydrogens (tertiary/aromatic N) is 3. The van der Waals surface area contributed by atoms with E-state index in [-0.39, 0.29) is 11.9 Å². The van der Waals surface area contributed by atoms with Gasteiger partial charge in [-0.1, -0.05) is 48.2 Å². The van der Waals surface area contributed by atoms with Crippen LogP contribution in [0, 0.1) is 12.7 Å². The van der Waals surface area contributed by atoms with Crippen LogP contribution in [0.5, 0.6) is 0 Å². The Bertz CT molecular complexity index is 913. The molecule has 0 radical (unpaired) electrons. The molecule has 2 atom stereocenters. The smallest absolute Gasteiger partial charge is 0.185 e. The first-order chi connectivity index (χ1) is 12.1. The average Bonchev–Trinajstić information content (AvgIpc) is 3.16. The van der Waals surface area contributed by atoms with E-state index in [1.54, 1.807) is 12.1 Å². The normalized spacial score (nSPS) is 22.1. The highest BCUT2D eigenvalue weighted by Crippen LogP contribution is 2.58. The molecule has 2 heterocycles. The molecular formula is C19H18FN3OS. The molecule has 3 aromatic rings. The van der Waals surface area contributed by atoms with Gasteiger partial charge in [0.15, 0.2) is 5.16 Å². The number of hydrogen-bond acceptors (Lipinski definition) is 4. The van der Waals surface area contributed by atoms with Gasteiger partial charge < -0.3 is 4.74 Å². The van der Waals surface area contributed by atoms with Crippen molar-refractivity contribution in [3.05, 3.63) is 77.4 Å². The van der Waals surface area contributed by atoms with Gasteiger partial charge in [0.05, 0.1) is 6.54 Å². The summed E-state index contributed by atoms with van der Waals surface area (Å²) in [6, 6.07) is 14.8. The van der Waals surface area contributed by atoms with Gasteiger partial charge in [-0.2, -0.15) is 5.10 Å². The minimum atomic E-state index is -0.633. The lowest BCUT2D eigenvalue weighted by molar-refractivity contribution is 0.256. The van der Waals surface area contributed by atoms with E-state index in [2.05, 4.69) is 29.1 Å². The fourth-order valence-electron chi connectivity index (χ4n) is 3.30. The number of hydrogen-bond donors (Lipinski definition) is 0. The molecule has 1 aliphatic rings. The minimum Gasteiger partial charge on any atom is -0.354 e. The highest BCUT2D eigenvalue weighted by Gasteiger charge is 2.59. The third-order valence-corrected chi connectivity index (χ3v) is 5.31. The molecular weight excluding hydrogens is 337 g/mol. The second-order valence-electron chi connectivity index (χ2n) is 6.16. The van der Waals surface area contributed by atoms with E-state index in [4.69, 9.17) is 4.74 Å². The van der Waals surface area contributed by atoms with E-state index in [0.717, 1.165) is 21.8 Å². The van der Waals surface area contributed by atoms with Crippen molar-refractivity contribution in [3.63, 3.8) is 0 Å². The third-order valence-electron chi connectivity index (χ3n) is 4.63. The van der Waals surface area contributed by atoms with Gasteiger partial charge in [0.25, 0.3) is 0 Å². The fraction of sp³-hybridized carbons (Fsp3) is 0.263. The quantitative estimate of drug-likeness (QED) is 0.510. The summed E-state index contributed by atoms with van der Waals surface area (Å²) in [6.45, 7) is 2.56. The van der Waals surface area contributed by atoms with Crippen LogP contribution in [0.15, 0.2) is 60.0 Å². The lowest BCUT2D eigenvalue weighted by Crippen LogP contribution is -2.21. The topological polar surface area (TPSA) is 43.2 Å². The van der Waals surface area contributed by atoms with Crippen molar-refractivity contribution >= 4 is 11.8 Å². The summed E-state index contributed by atoms with van der Waals surface area (Å²) in [4.78, 5) is 4.26. The molecule has 1 aromatic heterocycles. The summed E-state index contributed by atoms with van der Waals surface area (Å²) in [6.07, 6.45) is 3.37. The summed E-state index contributed by atoms with van der Waals surface area (Å²) in [5, 5.41) is 5.14. The maximum Gasteiger partial charge on any atom is 0.185 e. The third kappa shape index (κ3) is 2.85. The van der Waals surface area contributed by atoms with E-state index in [1.807, 2.05) is 29.1 Å². The predicted molar refractivity (Wildman–Crippen MR) is 94.9 cm³/mol. The molecule has 4 rings (SSSR count). The second-order valence-corrected chi connectivity index (χ2v) is 6.93. The number of benzene rings is 2. The van der Waals surface area contributed by atoms with Crippen molar-refractivity contribution in [1.82, 2.24) is 14.8 Å². The van der Waals surface area contributed by atoms with Crippen molar-refractivity contribution in [1.29, 1.82) is 0 Å². The van der Waals surface area contributed by atoms with Crippen molar-refractivity contribution in [3.8, 4) is 0 Å². The molecule has 0 spiro atoms. The highest BCUT2D eigenvalue weighted by atomic mass is 32.2. The van der Waals surface area contributed by atoms with E-state index in [9.17, 15) is 4.39 Å². The number of rotatable bonds is 5. The Kier molecular flexibility index (Phi) is 4.09. The van der Waals surface area contributed by atoms with Gasteiger partial charge in [0.2, 0.25) is 0 Å². The van der Waals surface area contributed by atoms with Crippen LogP contribution in [0.3, 0.4) is 0 Å². The van der Waals surface area contributed by atoms with Gasteiger partial charge >= 0.3 is 0 Å². The monoisotopic (exact) mass is 355 g/mol. The van der Waals surface area contributed by atoms with Gasteiger partial charge in [-0.3, -0.25) is 0 Å². The summed E-state index contributed by atoms with van der Waals surface area (Å²) in [5.74, 6) is -0.264. The zero-order chi connectivity index (χ0) is 17.4. The lowest BCUT2D eigenvalue weighted by Gasteiger charge is -2.16. The Morgan fingerprint density at radius 1 is 1.24 bits per heavy atom. The van der Waals surface area contributed by atoms with Crippen LogP contribution in [-0.2, 0) is 16.9 Å². The summed E-state index contributed by atoms with van der Waals surface area (Å²) in [7, 11) is 0. The van der Waals surface area contributed by atoms with Crippen molar-refractivity contribution in [2.24, 2.45) is 0 Å². The zero-order valence-electron chi connectivity index (χ0n) is 14.0. The van der Waals surface area contributed by atoms with Crippen LogP contribution in [0.2, 0.25) is 0 Å². The number of aryl methyl sites for hydroxylation is 1. The Morgan fingerprint density at radius 2 is 2.08 bits per heavy atom. The summed E-state index contributed by atoms with van der Waals surface area (Å²) < 4.78 is 21.9. The van der Waals surface area contributed by atoms with Gasteiger partial charge in [0.1, 0.15) is 23.8 Å². The second kappa shape index (κ2) is 6.28. The van der Waals surface area contributed by atoms with Gasteiger partial charge in [-0.05, 0) is 42.0 Å². The van der Waals surface area contributed by atoms with Crippen LogP contribution >= 0.6 is 11.8 Å². The molecule has 128 valence electrons. The first-order valence-corrected chi connectivity index (χ1v) is 9.28. The molecule has 0 N–H and O–H groups in total. The molecule has 2 aromatic carbocycles. The maximum absolute atomic E-state index is 13.9. The first-order valence-electron chi connectivity index (χ1n) is 8.05. The van der Waals surface area contributed by atoms with Crippen LogP contribution in [-0.4, -0.2) is 21.0 Å². The highest BCUT2D eigenvalue weighted by molar-refractivity contribution is 7.98. The Labute approximate surface area is 150 Å². The van der Waals surface area contributed by atoms with E-state index in [0.29, 0.717) is 6.54 Å². The summed E-state index contributed by atoms with van der Waals surface area (Å²) >= 11 is 1.53. The molecule has 0 aliphatic carbocycles. The van der Waals surface area contributed by atoms with Crippen molar-refractivity contribution < 1.29 is 9.13 Å². The number of thioether (sulfide) groups is 1. The Balaban J connectivity index is 1.77.